The van der Waals surface area contributed by atoms with E-state index in [4.69, 9.17) is 55.9 Å². The van der Waals surface area contributed by atoms with Gasteiger partial charge in [-0.15, -0.1) is 23.5 Å². The molecule has 2 unspecified atom stereocenters. The Morgan fingerprint density at radius 2 is 1.00 bits per heavy atom. The van der Waals surface area contributed by atoms with E-state index in [-0.39, 0.29) is 10.0 Å². The Morgan fingerprint density at radius 1 is 0.667 bits per heavy atom. The highest BCUT2D eigenvalue weighted by molar-refractivity contribution is 8.02. The highest BCUT2D eigenvalue weighted by Gasteiger charge is 2.65. The standard InChI is InChI=1S/2C17H18Cl2N2O5S/c2*1-17(2)12(16(24)25)21-14(23)10(15(21)27-17)20-13(22)11(26-3)7-4-5-8(18)9(19)6-7/h2*4-6,10-12,15H,1-3H3,(H,20,22)(H,24,25)/t2*10-,11?,12+,15-/m11/s1. The smallest absolute Gasteiger partial charge is 0.327 e. The normalized spacial score (nSPS) is 26.9. The van der Waals surface area contributed by atoms with Crippen molar-refractivity contribution >= 4 is 105 Å². The van der Waals surface area contributed by atoms with Gasteiger partial charge in [-0.2, -0.15) is 0 Å². The number of rotatable bonds is 10. The molecule has 4 amide bonds. The molecule has 4 saturated heterocycles. The van der Waals surface area contributed by atoms with Crippen LogP contribution < -0.4 is 10.6 Å². The number of fused-ring (bicyclic) bond motifs is 2. The SMILES string of the molecule is COC(C(=O)N[C@@H]1C(=O)N2[C@@H]1SC(C)(C)[C@@H]2C(=O)O)c1ccc(Cl)c(Cl)c1.COC(C(=O)N[C@@H]1C(=O)N2[C@@H]1SC(C)(C)[C@@H]2C(=O)O)c1ccc(Cl)c(Cl)c1. The largest absolute Gasteiger partial charge is 0.480 e. The molecule has 0 aromatic heterocycles. The number of aliphatic carboxylic acids is 2. The summed E-state index contributed by atoms with van der Waals surface area (Å²) in [7, 11) is 2.74. The third kappa shape index (κ3) is 7.73. The summed E-state index contributed by atoms with van der Waals surface area (Å²) in [6.45, 7) is 7.09. The van der Waals surface area contributed by atoms with Crippen molar-refractivity contribution in [2.24, 2.45) is 0 Å². The molecule has 4 aliphatic heterocycles. The molecule has 0 radical (unpaired) electrons. The molecular formula is C34H36Cl4N4O10S2. The minimum atomic E-state index is -1.06. The summed E-state index contributed by atoms with van der Waals surface area (Å²) in [4.78, 5) is 76.0. The Bertz CT molecular complexity index is 1770. The maximum Gasteiger partial charge on any atom is 0.327 e. The monoisotopic (exact) mass is 864 g/mol. The molecule has 292 valence electrons. The van der Waals surface area contributed by atoms with Crippen molar-refractivity contribution in [3.05, 3.63) is 67.6 Å². The van der Waals surface area contributed by atoms with Crippen LogP contribution in [-0.4, -0.2) is 114 Å². The average molecular weight is 867 g/mol. The summed E-state index contributed by atoms with van der Waals surface area (Å²) < 4.78 is 9.23. The van der Waals surface area contributed by atoms with E-state index in [0.29, 0.717) is 21.2 Å². The van der Waals surface area contributed by atoms with Gasteiger partial charge in [-0.05, 0) is 63.1 Å². The predicted octanol–water partition coefficient (Wildman–Crippen LogP) is 4.63. The number of carboxylic acids is 2. The van der Waals surface area contributed by atoms with Crippen LogP contribution in [0, 0.1) is 0 Å². The molecule has 2 aromatic rings. The van der Waals surface area contributed by atoms with E-state index < -0.39 is 92.2 Å². The van der Waals surface area contributed by atoms with Gasteiger partial charge in [0, 0.05) is 23.7 Å². The first-order chi connectivity index (χ1) is 25.2. The van der Waals surface area contributed by atoms with Crippen molar-refractivity contribution in [2.75, 3.05) is 14.2 Å². The third-order valence-corrected chi connectivity index (χ3v) is 14.0. The van der Waals surface area contributed by atoms with E-state index in [1.807, 2.05) is 0 Å². The zero-order chi connectivity index (χ0) is 40.2. The van der Waals surface area contributed by atoms with E-state index in [1.165, 1.54) is 59.7 Å². The van der Waals surface area contributed by atoms with Crippen LogP contribution in [0.1, 0.15) is 51.0 Å². The minimum absolute atomic E-state index is 0.285. The molecular weight excluding hydrogens is 830 g/mol. The first-order valence-corrected chi connectivity index (χ1v) is 19.5. The summed E-state index contributed by atoms with van der Waals surface area (Å²) in [5, 5.41) is 24.7. The second kappa shape index (κ2) is 15.9. The van der Waals surface area contributed by atoms with Gasteiger partial charge >= 0.3 is 11.9 Å². The second-order valence-corrected chi connectivity index (χ2v) is 18.9. The van der Waals surface area contributed by atoms with Crippen LogP contribution in [0.5, 0.6) is 0 Å². The molecule has 6 rings (SSSR count). The van der Waals surface area contributed by atoms with Gasteiger partial charge in [0.2, 0.25) is 11.8 Å². The lowest BCUT2D eigenvalue weighted by Crippen LogP contribution is -2.70. The van der Waals surface area contributed by atoms with Crippen molar-refractivity contribution in [3.8, 4) is 0 Å². The maximum absolute atomic E-state index is 12.7. The molecule has 0 aliphatic carbocycles. The molecule has 0 spiro atoms. The second-order valence-electron chi connectivity index (χ2n) is 13.7. The lowest BCUT2D eigenvalue weighted by atomic mass is 9.96. The fourth-order valence-corrected chi connectivity index (χ4v) is 10.8. The van der Waals surface area contributed by atoms with Gasteiger partial charge in [-0.3, -0.25) is 19.2 Å². The lowest BCUT2D eigenvalue weighted by Gasteiger charge is -2.43. The number of halogens is 4. The number of carbonyl (C=O) groups is 6. The zero-order valence-corrected chi connectivity index (χ0v) is 34.1. The first kappa shape index (κ1) is 42.2. The van der Waals surface area contributed by atoms with E-state index in [9.17, 15) is 39.0 Å². The fraction of sp³-hybridized carbons (Fsp3) is 0.471. The highest BCUT2D eigenvalue weighted by atomic mass is 35.5. The maximum atomic E-state index is 12.7. The molecule has 2 aromatic carbocycles. The molecule has 20 heteroatoms. The summed E-state index contributed by atoms with van der Waals surface area (Å²) >= 11 is 26.5. The van der Waals surface area contributed by atoms with Crippen LogP contribution in [0.2, 0.25) is 20.1 Å². The van der Waals surface area contributed by atoms with Gasteiger partial charge in [0.15, 0.2) is 12.2 Å². The van der Waals surface area contributed by atoms with Crippen molar-refractivity contribution < 1.29 is 48.5 Å². The predicted molar refractivity (Wildman–Crippen MR) is 204 cm³/mol. The van der Waals surface area contributed by atoms with Crippen LogP contribution in [0.25, 0.3) is 0 Å². The van der Waals surface area contributed by atoms with Gasteiger partial charge in [0.25, 0.3) is 11.8 Å². The molecule has 4 heterocycles. The van der Waals surface area contributed by atoms with Gasteiger partial charge in [-0.1, -0.05) is 58.5 Å². The van der Waals surface area contributed by atoms with Crippen molar-refractivity contribution in [3.63, 3.8) is 0 Å². The van der Waals surface area contributed by atoms with Gasteiger partial charge in [0.05, 0.1) is 20.1 Å². The number of thioether (sulfide) groups is 2. The molecule has 4 N–H and O–H groups in total. The minimum Gasteiger partial charge on any atom is -0.480 e. The highest BCUT2D eigenvalue weighted by Crippen LogP contribution is 2.52. The number of hydrogen-bond acceptors (Lipinski definition) is 10. The van der Waals surface area contributed by atoms with E-state index >= 15 is 0 Å². The molecule has 0 saturated carbocycles. The van der Waals surface area contributed by atoms with Crippen LogP contribution in [-0.2, 0) is 38.2 Å². The molecule has 8 atom stereocenters. The Hall–Kier alpha value is -2.96. The number of methoxy groups -OCH3 is 2. The van der Waals surface area contributed by atoms with E-state index in [1.54, 1.807) is 52.0 Å². The number of hydrogen-bond donors (Lipinski definition) is 4. The lowest BCUT2D eigenvalue weighted by molar-refractivity contribution is -0.161. The average Bonchev–Trinajstić information content (AvgIpc) is 3.51. The van der Waals surface area contributed by atoms with Crippen LogP contribution in [0.15, 0.2) is 36.4 Å². The quantitative estimate of drug-likeness (QED) is 0.243. The van der Waals surface area contributed by atoms with Crippen molar-refractivity contribution in [1.82, 2.24) is 20.4 Å². The number of ether oxygens (including phenoxy) is 2. The summed E-state index contributed by atoms with van der Waals surface area (Å²) in [5.74, 6) is -3.96. The van der Waals surface area contributed by atoms with E-state index in [2.05, 4.69) is 10.6 Å². The van der Waals surface area contributed by atoms with Gasteiger partial charge < -0.3 is 40.1 Å². The number of carbonyl (C=O) groups excluding carboxylic acids is 4. The number of carboxylic acid groups (broad SMARTS) is 2. The molecule has 4 fully saturated rings. The van der Waals surface area contributed by atoms with Gasteiger partial charge in [0.1, 0.15) is 34.9 Å². The molecule has 4 aliphatic rings. The Labute approximate surface area is 338 Å². The molecule has 0 bridgehead atoms. The first-order valence-electron chi connectivity index (χ1n) is 16.2. The number of benzene rings is 2. The van der Waals surface area contributed by atoms with Crippen LogP contribution in [0.4, 0.5) is 0 Å². The number of nitrogens with zero attached hydrogens (tertiary/aromatic N) is 2. The number of β-lactam (4-membered cyclic amide) rings is 2. The topological polar surface area (TPSA) is 192 Å². The fourth-order valence-electron chi connectivity index (χ4n) is 6.89. The summed E-state index contributed by atoms with van der Waals surface area (Å²) in [6.07, 6.45) is -1.95. The van der Waals surface area contributed by atoms with E-state index in [0.717, 1.165) is 0 Å². The van der Waals surface area contributed by atoms with Crippen molar-refractivity contribution in [1.29, 1.82) is 0 Å². The van der Waals surface area contributed by atoms with Gasteiger partial charge in [-0.25, -0.2) is 9.59 Å². The Morgan fingerprint density at radius 3 is 1.28 bits per heavy atom. The Kier molecular flexibility index (Phi) is 12.4. The number of nitrogens with one attached hydrogen (secondary N) is 2. The molecule has 54 heavy (non-hydrogen) atoms. The van der Waals surface area contributed by atoms with Crippen molar-refractivity contribution in [2.45, 2.75) is 84.3 Å². The number of amides is 4. The van der Waals surface area contributed by atoms with Crippen LogP contribution in [0.3, 0.4) is 0 Å². The molecule has 14 nitrogen and oxygen atoms in total. The third-order valence-electron chi connectivity index (χ3n) is 9.39. The summed E-state index contributed by atoms with van der Waals surface area (Å²) in [5.41, 5.74) is 0.992. The Balaban J connectivity index is 0.000000208. The zero-order valence-electron chi connectivity index (χ0n) is 29.5. The van der Waals surface area contributed by atoms with Crippen LogP contribution >= 0.6 is 69.9 Å². The summed E-state index contributed by atoms with van der Waals surface area (Å²) in [6, 6.07) is 5.94.